The second-order valence-corrected chi connectivity index (χ2v) is 5.00. The number of hydrogen-bond acceptors (Lipinski definition) is 3. The minimum atomic E-state index is -0.421. The van der Waals surface area contributed by atoms with Gasteiger partial charge in [-0.3, -0.25) is 15.0 Å². The van der Waals surface area contributed by atoms with Crippen molar-refractivity contribution >= 4 is 28.7 Å². The van der Waals surface area contributed by atoms with Crippen molar-refractivity contribution in [2.75, 3.05) is 4.90 Å². The molecule has 1 N–H and O–H groups in total. The molecule has 1 heterocycles. The molecule has 0 radical (unpaired) electrons. The topological polar surface area (TPSA) is 58.4 Å². The Morgan fingerprint density at radius 2 is 1.94 bits per heavy atom. The standard InChI is InChI=1S/C12H13N3O2S/c1-12(2)7-8-14(11(18)13-12)9-3-5-10(6-4-9)15(16)17/h3-8H,1-2H3,(H,13,18). The molecule has 94 valence electrons. The van der Waals surface area contributed by atoms with Crippen LogP contribution in [-0.4, -0.2) is 15.6 Å². The molecular weight excluding hydrogens is 250 g/mol. The normalized spacial score (nSPS) is 17.4. The lowest BCUT2D eigenvalue weighted by atomic mass is 10.0. The minimum Gasteiger partial charge on any atom is -0.354 e. The van der Waals surface area contributed by atoms with Crippen molar-refractivity contribution in [1.29, 1.82) is 0 Å². The summed E-state index contributed by atoms with van der Waals surface area (Å²) in [6, 6.07) is 6.28. The van der Waals surface area contributed by atoms with E-state index in [1.54, 1.807) is 17.0 Å². The zero-order valence-corrected chi connectivity index (χ0v) is 10.9. The van der Waals surface area contributed by atoms with Gasteiger partial charge in [0.15, 0.2) is 5.11 Å². The molecule has 18 heavy (non-hydrogen) atoms. The molecule has 0 aromatic heterocycles. The molecule has 1 aliphatic heterocycles. The number of benzene rings is 1. The first kappa shape index (κ1) is 12.5. The van der Waals surface area contributed by atoms with Gasteiger partial charge in [0.25, 0.3) is 5.69 Å². The van der Waals surface area contributed by atoms with Gasteiger partial charge in [0, 0.05) is 24.0 Å². The molecule has 0 saturated carbocycles. The van der Waals surface area contributed by atoms with E-state index < -0.39 is 4.92 Å². The Hall–Kier alpha value is -1.95. The van der Waals surface area contributed by atoms with Crippen LogP contribution < -0.4 is 10.2 Å². The van der Waals surface area contributed by atoms with Crippen LogP contribution in [0.1, 0.15) is 13.8 Å². The van der Waals surface area contributed by atoms with Crippen LogP contribution in [0, 0.1) is 10.1 Å². The monoisotopic (exact) mass is 263 g/mol. The molecule has 0 fully saturated rings. The first-order valence-electron chi connectivity index (χ1n) is 5.44. The minimum absolute atomic E-state index is 0.0685. The summed E-state index contributed by atoms with van der Waals surface area (Å²) in [6.45, 7) is 4.03. The smallest absolute Gasteiger partial charge is 0.269 e. The number of hydrogen-bond donors (Lipinski definition) is 1. The Bertz CT molecular complexity index is 523. The van der Waals surface area contributed by atoms with Gasteiger partial charge < -0.3 is 5.32 Å². The number of rotatable bonds is 2. The maximum absolute atomic E-state index is 10.6. The van der Waals surface area contributed by atoms with Gasteiger partial charge in [0.1, 0.15) is 0 Å². The SMILES string of the molecule is CC1(C)C=CN(c2ccc([N+](=O)[O-])cc2)C(=S)N1. The maximum Gasteiger partial charge on any atom is 0.269 e. The molecule has 0 amide bonds. The highest BCUT2D eigenvalue weighted by Gasteiger charge is 2.23. The van der Waals surface area contributed by atoms with Crippen LogP contribution in [0.5, 0.6) is 0 Å². The van der Waals surface area contributed by atoms with E-state index in [0.29, 0.717) is 5.11 Å². The highest BCUT2D eigenvalue weighted by Crippen LogP contribution is 2.23. The zero-order chi connectivity index (χ0) is 13.3. The molecule has 5 nitrogen and oxygen atoms in total. The Balaban J connectivity index is 2.27. The van der Waals surface area contributed by atoms with Gasteiger partial charge in [-0.2, -0.15) is 0 Å². The van der Waals surface area contributed by atoms with Crippen LogP contribution in [0.4, 0.5) is 11.4 Å². The van der Waals surface area contributed by atoms with Gasteiger partial charge in [-0.25, -0.2) is 0 Å². The summed E-state index contributed by atoms with van der Waals surface area (Å²) in [5.41, 5.74) is 0.692. The third-order valence-corrected chi connectivity index (χ3v) is 2.93. The molecule has 0 unspecified atom stereocenters. The largest absolute Gasteiger partial charge is 0.354 e. The quantitative estimate of drug-likeness (QED) is 0.505. The summed E-state index contributed by atoms with van der Waals surface area (Å²) in [5, 5.41) is 14.3. The summed E-state index contributed by atoms with van der Waals surface area (Å²) in [4.78, 5) is 11.9. The van der Waals surface area contributed by atoms with Gasteiger partial charge in [-0.15, -0.1) is 0 Å². The molecule has 2 rings (SSSR count). The van der Waals surface area contributed by atoms with Crippen LogP contribution in [-0.2, 0) is 0 Å². The van der Waals surface area contributed by atoms with E-state index in [0.717, 1.165) is 5.69 Å². The van der Waals surface area contributed by atoms with E-state index in [2.05, 4.69) is 5.32 Å². The molecule has 1 aromatic rings. The summed E-state index contributed by atoms with van der Waals surface area (Å²) in [5.74, 6) is 0. The molecular formula is C12H13N3O2S. The lowest BCUT2D eigenvalue weighted by Gasteiger charge is -2.34. The van der Waals surface area contributed by atoms with Crippen LogP contribution in [0.15, 0.2) is 36.5 Å². The van der Waals surface area contributed by atoms with E-state index in [1.807, 2.05) is 26.1 Å². The number of anilines is 1. The second-order valence-electron chi connectivity index (χ2n) is 4.61. The third kappa shape index (κ3) is 2.48. The maximum atomic E-state index is 10.6. The van der Waals surface area contributed by atoms with Gasteiger partial charge >= 0.3 is 0 Å². The van der Waals surface area contributed by atoms with Crippen molar-refractivity contribution in [3.05, 3.63) is 46.7 Å². The van der Waals surface area contributed by atoms with Crippen molar-refractivity contribution in [1.82, 2.24) is 5.32 Å². The van der Waals surface area contributed by atoms with E-state index in [4.69, 9.17) is 12.2 Å². The number of nitro benzene ring substituents is 1. The third-order valence-electron chi connectivity index (χ3n) is 2.63. The van der Waals surface area contributed by atoms with Crippen LogP contribution in [0.3, 0.4) is 0 Å². The van der Waals surface area contributed by atoms with Gasteiger partial charge in [0.2, 0.25) is 0 Å². The Labute approximate surface area is 110 Å². The molecule has 1 aliphatic rings. The molecule has 0 aliphatic carbocycles. The van der Waals surface area contributed by atoms with Crippen LogP contribution >= 0.6 is 12.2 Å². The first-order valence-corrected chi connectivity index (χ1v) is 5.85. The second kappa shape index (κ2) is 4.38. The molecule has 0 saturated heterocycles. The van der Waals surface area contributed by atoms with Crippen molar-refractivity contribution in [3.63, 3.8) is 0 Å². The molecule has 6 heteroatoms. The summed E-state index contributed by atoms with van der Waals surface area (Å²) in [6.07, 6.45) is 3.87. The predicted octanol–water partition coefficient (Wildman–Crippen LogP) is 2.58. The number of nitrogens with one attached hydrogen (secondary N) is 1. The highest BCUT2D eigenvalue weighted by atomic mass is 32.1. The average molecular weight is 263 g/mol. The van der Waals surface area contributed by atoms with Crippen molar-refractivity contribution in [3.8, 4) is 0 Å². The lowest BCUT2D eigenvalue weighted by Crippen LogP contribution is -2.51. The molecule has 0 spiro atoms. The van der Waals surface area contributed by atoms with E-state index in [-0.39, 0.29) is 11.2 Å². The number of non-ortho nitro benzene ring substituents is 1. The summed E-state index contributed by atoms with van der Waals surface area (Å²) in [7, 11) is 0. The number of nitrogens with zero attached hydrogens (tertiary/aromatic N) is 2. The zero-order valence-electron chi connectivity index (χ0n) is 10.1. The fourth-order valence-corrected chi connectivity index (χ4v) is 2.07. The van der Waals surface area contributed by atoms with Gasteiger partial charge in [-0.05, 0) is 44.3 Å². The van der Waals surface area contributed by atoms with Gasteiger partial charge in [0.05, 0.1) is 10.5 Å². The Morgan fingerprint density at radius 1 is 1.33 bits per heavy atom. The molecule has 0 atom stereocenters. The van der Waals surface area contributed by atoms with Gasteiger partial charge in [-0.1, -0.05) is 0 Å². The van der Waals surface area contributed by atoms with Crippen LogP contribution in [0.2, 0.25) is 0 Å². The van der Waals surface area contributed by atoms with E-state index in [1.165, 1.54) is 12.1 Å². The molecule has 0 bridgehead atoms. The molecule has 1 aromatic carbocycles. The van der Waals surface area contributed by atoms with Crippen molar-refractivity contribution in [2.24, 2.45) is 0 Å². The highest BCUT2D eigenvalue weighted by molar-refractivity contribution is 7.80. The first-order chi connectivity index (χ1) is 8.39. The van der Waals surface area contributed by atoms with Crippen LogP contribution in [0.25, 0.3) is 0 Å². The lowest BCUT2D eigenvalue weighted by molar-refractivity contribution is -0.384. The Morgan fingerprint density at radius 3 is 2.44 bits per heavy atom. The van der Waals surface area contributed by atoms with Crippen molar-refractivity contribution in [2.45, 2.75) is 19.4 Å². The summed E-state index contributed by atoms with van der Waals surface area (Å²) < 4.78 is 0. The van der Waals surface area contributed by atoms with E-state index >= 15 is 0 Å². The average Bonchev–Trinajstić information content (AvgIpc) is 2.28. The van der Waals surface area contributed by atoms with Crippen molar-refractivity contribution < 1.29 is 4.92 Å². The summed E-state index contributed by atoms with van der Waals surface area (Å²) >= 11 is 5.27. The fourth-order valence-electron chi connectivity index (χ4n) is 1.64. The predicted molar refractivity (Wildman–Crippen MR) is 74.5 cm³/mol. The fraction of sp³-hybridized carbons (Fsp3) is 0.250. The number of thiocarbonyl (C=S) groups is 1. The van der Waals surface area contributed by atoms with E-state index in [9.17, 15) is 10.1 Å². The Kier molecular flexibility index (Phi) is 3.04. The number of nitro groups is 1.